The summed E-state index contributed by atoms with van der Waals surface area (Å²) >= 11 is 0. The Bertz CT molecular complexity index is 460. The molecule has 1 amide bonds. The Kier molecular flexibility index (Phi) is 2.76. The number of nitrogen functional groups attached to an aromatic ring is 1. The van der Waals surface area contributed by atoms with Crippen LogP contribution in [0.15, 0.2) is 0 Å². The number of nitrogens with two attached hydrogens (primary N) is 1. The van der Waals surface area contributed by atoms with E-state index in [-0.39, 0.29) is 5.91 Å². The van der Waals surface area contributed by atoms with E-state index in [1.807, 2.05) is 11.8 Å². The monoisotopic (exact) mass is 248 g/mol. The Morgan fingerprint density at radius 2 is 2.17 bits per heavy atom. The molecule has 0 atom stereocenters. The molecule has 18 heavy (non-hydrogen) atoms. The van der Waals surface area contributed by atoms with Gasteiger partial charge in [-0.1, -0.05) is 0 Å². The lowest BCUT2D eigenvalue weighted by Crippen LogP contribution is -2.33. The van der Waals surface area contributed by atoms with Crippen molar-refractivity contribution in [3.8, 4) is 0 Å². The predicted molar refractivity (Wildman–Crippen MR) is 69.3 cm³/mol. The van der Waals surface area contributed by atoms with Gasteiger partial charge in [-0.05, 0) is 38.5 Å². The van der Waals surface area contributed by atoms with Crippen LogP contribution in [0.2, 0.25) is 0 Å². The SMILES string of the molecule is CCN(CC1CC1)C(=O)c1n[nH]c(C2CC2)c1N. The molecule has 98 valence electrons. The van der Waals surface area contributed by atoms with Gasteiger partial charge in [0.2, 0.25) is 0 Å². The van der Waals surface area contributed by atoms with Gasteiger partial charge in [0.15, 0.2) is 5.69 Å². The number of hydrogen-bond acceptors (Lipinski definition) is 3. The van der Waals surface area contributed by atoms with Crippen LogP contribution in [0.1, 0.15) is 54.7 Å². The molecule has 0 aromatic carbocycles. The van der Waals surface area contributed by atoms with Crippen molar-refractivity contribution in [1.82, 2.24) is 15.1 Å². The molecule has 1 aromatic heterocycles. The van der Waals surface area contributed by atoms with E-state index in [0.717, 1.165) is 31.6 Å². The van der Waals surface area contributed by atoms with Gasteiger partial charge >= 0.3 is 0 Å². The molecule has 3 rings (SSSR count). The third-order valence-electron chi connectivity index (χ3n) is 3.87. The molecule has 5 heteroatoms. The molecular weight excluding hydrogens is 228 g/mol. The van der Waals surface area contributed by atoms with Gasteiger partial charge in [-0.2, -0.15) is 5.10 Å². The third kappa shape index (κ3) is 2.09. The highest BCUT2D eigenvalue weighted by Crippen LogP contribution is 2.42. The fraction of sp³-hybridized carbons (Fsp3) is 0.692. The van der Waals surface area contributed by atoms with Crippen molar-refractivity contribution >= 4 is 11.6 Å². The highest BCUT2D eigenvalue weighted by molar-refractivity contribution is 5.97. The minimum atomic E-state index is -0.0231. The zero-order valence-electron chi connectivity index (χ0n) is 10.8. The van der Waals surface area contributed by atoms with E-state index in [1.165, 1.54) is 12.8 Å². The van der Waals surface area contributed by atoms with Crippen LogP contribution in [0.5, 0.6) is 0 Å². The molecule has 2 saturated carbocycles. The Balaban J connectivity index is 1.77. The van der Waals surface area contributed by atoms with Crippen molar-refractivity contribution in [3.05, 3.63) is 11.4 Å². The molecule has 0 radical (unpaired) electrons. The van der Waals surface area contributed by atoms with Crippen molar-refractivity contribution in [1.29, 1.82) is 0 Å². The number of nitrogens with zero attached hydrogens (tertiary/aromatic N) is 2. The molecule has 0 saturated heterocycles. The molecule has 2 aliphatic rings. The van der Waals surface area contributed by atoms with Crippen LogP contribution in [0.25, 0.3) is 0 Å². The molecule has 0 unspecified atom stereocenters. The van der Waals surface area contributed by atoms with Crippen molar-refractivity contribution < 1.29 is 4.79 Å². The van der Waals surface area contributed by atoms with Crippen molar-refractivity contribution in [3.63, 3.8) is 0 Å². The van der Waals surface area contributed by atoms with Gasteiger partial charge < -0.3 is 10.6 Å². The van der Waals surface area contributed by atoms with E-state index < -0.39 is 0 Å². The molecule has 2 fully saturated rings. The molecule has 1 aromatic rings. The first-order valence-corrected chi connectivity index (χ1v) is 6.83. The fourth-order valence-electron chi connectivity index (χ4n) is 2.33. The molecule has 0 spiro atoms. The number of hydrogen-bond donors (Lipinski definition) is 2. The van der Waals surface area contributed by atoms with Gasteiger partial charge in [-0.15, -0.1) is 0 Å². The van der Waals surface area contributed by atoms with Crippen molar-refractivity contribution in [2.45, 2.75) is 38.5 Å². The Labute approximate surface area is 107 Å². The van der Waals surface area contributed by atoms with E-state index in [9.17, 15) is 4.79 Å². The van der Waals surface area contributed by atoms with Gasteiger partial charge in [0.25, 0.3) is 5.91 Å². The first kappa shape index (κ1) is 11.6. The fourth-order valence-corrected chi connectivity index (χ4v) is 2.33. The number of carbonyl (C=O) groups is 1. The summed E-state index contributed by atoms with van der Waals surface area (Å²) in [7, 11) is 0. The molecular formula is C13H20N4O. The van der Waals surface area contributed by atoms with E-state index in [1.54, 1.807) is 0 Å². The predicted octanol–water partition coefficient (Wildman–Crippen LogP) is 1.74. The maximum atomic E-state index is 12.4. The smallest absolute Gasteiger partial charge is 0.276 e. The van der Waals surface area contributed by atoms with Crippen LogP contribution in [0.3, 0.4) is 0 Å². The van der Waals surface area contributed by atoms with Crippen molar-refractivity contribution in [2.24, 2.45) is 5.92 Å². The highest BCUT2D eigenvalue weighted by Gasteiger charge is 2.32. The number of nitrogens with one attached hydrogen (secondary N) is 1. The summed E-state index contributed by atoms with van der Waals surface area (Å²) in [5, 5.41) is 7.07. The molecule has 5 nitrogen and oxygen atoms in total. The number of anilines is 1. The van der Waals surface area contributed by atoms with Gasteiger partial charge in [0, 0.05) is 19.0 Å². The van der Waals surface area contributed by atoms with Crippen LogP contribution in [-0.2, 0) is 0 Å². The summed E-state index contributed by atoms with van der Waals surface area (Å²) in [4.78, 5) is 14.2. The summed E-state index contributed by atoms with van der Waals surface area (Å²) < 4.78 is 0. The summed E-state index contributed by atoms with van der Waals surface area (Å²) in [6.45, 7) is 3.58. The number of H-pyrrole nitrogens is 1. The number of aromatic nitrogens is 2. The van der Waals surface area contributed by atoms with E-state index in [0.29, 0.717) is 23.2 Å². The maximum Gasteiger partial charge on any atom is 0.276 e. The molecule has 0 aliphatic heterocycles. The summed E-state index contributed by atoms with van der Waals surface area (Å²) in [5.74, 6) is 1.17. The van der Waals surface area contributed by atoms with E-state index >= 15 is 0 Å². The average molecular weight is 248 g/mol. The summed E-state index contributed by atoms with van der Waals surface area (Å²) in [5.41, 5.74) is 7.98. The minimum absolute atomic E-state index is 0.0231. The highest BCUT2D eigenvalue weighted by atomic mass is 16.2. The Morgan fingerprint density at radius 3 is 2.72 bits per heavy atom. The minimum Gasteiger partial charge on any atom is -0.395 e. The number of aromatic amines is 1. The molecule has 2 aliphatic carbocycles. The lowest BCUT2D eigenvalue weighted by molar-refractivity contribution is 0.0752. The lowest BCUT2D eigenvalue weighted by Gasteiger charge is -2.19. The van der Waals surface area contributed by atoms with Gasteiger partial charge in [-0.3, -0.25) is 9.89 Å². The van der Waals surface area contributed by atoms with Crippen LogP contribution >= 0.6 is 0 Å². The van der Waals surface area contributed by atoms with Crippen LogP contribution < -0.4 is 5.73 Å². The Morgan fingerprint density at radius 1 is 1.44 bits per heavy atom. The lowest BCUT2D eigenvalue weighted by atomic mass is 10.2. The van der Waals surface area contributed by atoms with Crippen LogP contribution in [-0.4, -0.2) is 34.1 Å². The standard InChI is InChI=1S/C13H20N4O/c1-2-17(7-8-3-4-8)13(18)12-10(14)11(15-16-12)9-5-6-9/h8-9H,2-7,14H2,1H3,(H,15,16). The second-order valence-electron chi connectivity index (χ2n) is 5.46. The largest absolute Gasteiger partial charge is 0.395 e. The van der Waals surface area contributed by atoms with Crippen molar-refractivity contribution in [2.75, 3.05) is 18.8 Å². The van der Waals surface area contributed by atoms with E-state index in [4.69, 9.17) is 5.73 Å². The molecule has 1 heterocycles. The first-order chi connectivity index (χ1) is 8.70. The zero-order chi connectivity index (χ0) is 12.7. The normalized spacial score (nSPS) is 18.9. The number of carbonyl (C=O) groups excluding carboxylic acids is 1. The Hall–Kier alpha value is -1.52. The number of rotatable bonds is 5. The second kappa shape index (κ2) is 4.30. The second-order valence-corrected chi connectivity index (χ2v) is 5.46. The van der Waals surface area contributed by atoms with Gasteiger partial charge in [0.05, 0.1) is 11.4 Å². The van der Waals surface area contributed by atoms with Crippen LogP contribution in [0.4, 0.5) is 5.69 Å². The third-order valence-corrected chi connectivity index (χ3v) is 3.87. The maximum absolute atomic E-state index is 12.4. The molecule has 3 N–H and O–H groups in total. The average Bonchev–Trinajstić information content (AvgIpc) is 3.26. The quantitative estimate of drug-likeness (QED) is 0.833. The molecule has 0 bridgehead atoms. The summed E-state index contributed by atoms with van der Waals surface area (Å²) in [6.07, 6.45) is 4.79. The first-order valence-electron chi connectivity index (χ1n) is 6.83. The number of amides is 1. The topological polar surface area (TPSA) is 75.0 Å². The summed E-state index contributed by atoms with van der Waals surface area (Å²) in [6, 6.07) is 0. The van der Waals surface area contributed by atoms with Gasteiger partial charge in [0.1, 0.15) is 0 Å². The van der Waals surface area contributed by atoms with Crippen LogP contribution in [0, 0.1) is 5.92 Å². The van der Waals surface area contributed by atoms with E-state index in [2.05, 4.69) is 10.2 Å². The van der Waals surface area contributed by atoms with Gasteiger partial charge in [-0.25, -0.2) is 0 Å². The zero-order valence-corrected chi connectivity index (χ0v) is 10.8.